The topological polar surface area (TPSA) is 289 Å². The summed E-state index contributed by atoms with van der Waals surface area (Å²) < 4.78 is 45.4. The van der Waals surface area contributed by atoms with E-state index in [-0.39, 0.29) is 12.8 Å². The summed E-state index contributed by atoms with van der Waals surface area (Å²) in [6, 6.07) is 0. The van der Waals surface area contributed by atoms with Gasteiger partial charge in [-0.2, -0.15) is 0 Å². The maximum absolute atomic E-state index is 13.4. The average Bonchev–Trinajstić information content (AvgIpc) is 3.31. The van der Waals surface area contributed by atoms with Crippen LogP contribution in [0.1, 0.15) is 200 Å². The standard InChI is InChI=1S/C48H91O18P/c1-3-5-7-9-11-13-15-16-17-18-19-21-22-24-26-28-30-37(50)61-33-35(63-38(51)31-29-27-25-23-20-14-12-10-8-6-4-2)34-62-67(59,60)66-47-44(57)42(55)41(54)43(56)46(47)65-48-45(58)40(53)39(52)36(32-49)64-48/h35-36,39-49,52-58H,3-34H2,1-2H3,(H,59,60). The second kappa shape index (κ2) is 36.6. The number of carbonyl (C=O) groups excluding carboxylic acids is 2. The number of hydrogen-bond donors (Lipinski definition) is 9. The van der Waals surface area contributed by atoms with Crippen molar-refractivity contribution in [1.29, 1.82) is 0 Å². The summed E-state index contributed by atoms with van der Waals surface area (Å²) in [5.74, 6) is -1.21. The molecular weight excluding hydrogens is 895 g/mol. The molecule has 0 spiro atoms. The summed E-state index contributed by atoms with van der Waals surface area (Å²) in [5, 5.41) is 82.9. The van der Waals surface area contributed by atoms with Gasteiger partial charge in [-0.1, -0.05) is 174 Å². The third-order valence-corrected chi connectivity index (χ3v) is 13.8. The molecule has 396 valence electrons. The molecule has 0 radical (unpaired) electrons. The fourth-order valence-electron chi connectivity index (χ4n) is 8.53. The van der Waals surface area contributed by atoms with Gasteiger partial charge in [0.25, 0.3) is 0 Å². The van der Waals surface area contributed by atoms with E-state index in [1.165, 1.54) is 109 Å². The van der Waals surface area contributed by atoms with Crippen LogP contribution < -0.4 is 0 Å². The normalized spacial score (nSPS) is 28.0. The van der Waals surface area contributed by atoms with Gasteiger partial charge in [0.1, 0.15) is 67.6 Å². The molecule has 19 heteroatoms. The first-order valence-electron chi connectivity index (χ1n) is 25.9. The molecule has 1 heterocycles. The first-order chi connectivity index (χ1) is 32.2. The third kappa shape index (κ3) is 25.6. The van der Waals surface area contributed by atoms with Gasteiger partial charge in [-0.3, -0.25) is 18.6 Å². The molecule has 0 amide bonds. The molecule has 1 aliphatic carbocycles. The molecule has 0 bridgehead atoms. The van der Waals surface area contributed by atoms with Crippen molar-refractivity contribution in [2.24, 2.45) is 0 Å². The third-order valence-electron chi connectivity index (χ3n) is 12.8. The van der Waals surface area contributed by atoms with E-state index in [0.717, 1.165) is 51.4 Å². The number of rotatable bonds is 40. The zero-order valence-corrected chi connectivity index (χ0v) is 41.6. The van der Waals surface area contributed by atoms with E-state index in [4.69, 9.17) is 28.0 Å². The molecular formula is C48H91O18P. The molecule has 0 aromatic rings. The van der Waals surface area contributed by atoms with Crippen molar-refractivity contribution in [3.63, 3.8) is 0 Å². The maximum atomic E-state index is 13.4. The van der Waals surface area contributed by atoms with Gasteiger partial charge < -0.3 is 64.7 Å². The Kier molecular flexibility index (Phi) is 33.7. The Morgan fingerprint density at radius 2 is 0.896 bits per heavy atom. The van der Waals surface area contributed by atoms with Crippen LogP contribution in [0.15, 0.2) is 0 Å². The molecule has 67 heavy (non-hydrogen) atoms. The molecule has 13 atom stereocenters. The molecule has 13 unspecified atom stereocenters. The van der Waals surface area contributed by atoms with Crippen LogP contribution >= 0.6 is 7.82 Å². The molecule has 2 fully saturated rings. The second-order valence-corrected chi connectivity index (χ2v) is 20.1. The molecule has 1 saturated heterocycles. The Morgan fingerprint density at radius 1 is 0.507 bits per heavy atom. The van der Waals surface area contributed by atoms with Crippen LogP contribution in [0.25, 0.3) is 0 Å². The van der Waals surface area contributed by atoms with Gasteiger partial charge in [-0.25, -0.2) is 4.57 Å². The number of aliphatic hydroxyl groups is 8. The lowest BCUT2D eigenvalue weighted by Crippen LogP contribution is -2.67. The number of phosphoric ester groups is 1. The van der Waals surface area contributed by atoms with E-state index in [1.54, 1.807) is 0 Å². The molecule has 0 aromatic heterocycles. The van der Waals surface area contributed by atoms with Gasteiger partial charge in [0.05, 0.1) is 13.2 Å². The zero-order chi connectivity index (χ0) is 49.5. The highest BCUT2D eigenvalue weighted by molar-refractivity contribution is 7.47. The van der Waals surface area contributed by atoms with Crippen molar-refractivity contribution >= 4 is 19.8 Å². The van der Waals surface area contributed by atoms with Gasteiger partial charge in [0, 0.05) is 12.8 Å². The summed E-state index contributed by atoms with van der Waals surface area (Å²) >= 11 is 0. The Hall–Kier alpha value is -1.35. The summed E-state index contributed by atoms with van der Waals surface area (Å²) in [4.78, 5) is 36.5. The largest absolute Gasteiger partial charge is 0.472 e. The zero-order valence-electron chi connectivity index (χ0n) is 40.7. The minimum absolute atomic E-state index is 0.0390. The Morgan fingerprint density at radius 3 is 1.33 bits per heavy atom. The smallest absolute Gasteiger partial charge is 0.462 e. The minimum atomic E-state index is -5.37. The van der Waals surface area contributed by atoms with E-state index in [9.17, 15) is 59.9 Å². The van der Waals surface area contributed by atoms with E-state index >= 15 is 0 Å². The van der Waals surface area contributed by atoms with Crippen molar-refractivity contribution in [1.82, 2.24) is 0 Å². The van der Waals surface area contributed by atoms with Crippen LogP contribution in [0.4, 0.5) is 0 Å². The van der Waals surface area contributed by atoms with E-state index < -0.39 is 113 Å². The van der Waals surface area contributed by atoms with Gasteiger partial charge in [0.15, 0.2) is 12.4 Å². The van der Waals surface area contributed by atoms with Gasteiger partial charge in [-0.15, -0.1) is 0 Å². The number of aliphatic hydroxyl groups excluding tert-OH is 8. The van der Waals surface area contributed by atoms with E-state index in [2.05, 4.69) is 13.8 Å². The first kappa shape index (κ1) is 61.8. The van der Waals surface area contributed by atoms with Crippen LogP contribution in [0.2, 0.25) is 0 Å². The molecule has 2 rings (SSSR count). The predicted molar refractivity (Wildman–Crippen MR) is 249 cm³/mol. The van der Waals surface area contributed by atoms with E-state index in [1.807, 2.05) is 0 Å². The van der Waals surface area contributed by atoms with Crippen LogP contribution in [0.5, 0.6) is 0 Å². The monoisotopic (exact) mass is 987 g/mol. The number of phosphoric acid groups is 1. The van der Waals surface area contributed by atoms with Crippen molar-refractivity contribution < 1.29 is 87.9 Å². The fourth-order valence-corrected chi connectivity index (χ4v) is 9.50. The van der Waals surface area contributed by atoms with Gasteiger partial charge in [-0.05, 0) is 12.8 Å². The minimum Gasteiger partial charge on any atom is -0.462 e. The number of esters is 2. The lowest BCUT2D eigenvalue weighted by Gasteiger charge is -2.47. The van der Waals surface area contributed by atoms with Crippen LogP contribution in [0, 0.1) is 0 Å². The van der Waals surface area contributed by atoms with Crippen molar-refractivity contribution in [3.8, 4) is 0 Å². The van der Waals surface area contributed by atoms with Crippen LogP contribution in [-0.4, -0.2) is 151 Å². The Labute approximate surface area is 400 Å². The summed E-state index contributed by atoms with van der Waals surface area (Å²) in [7, 11) is -5.37. The highest BCUT2D eigenvalue weighted by atomic mass is 31.2. The molecule has 1 aliphatic heterocycles. The van der Waals surface area contributed by atoms with Crippen molar-refractivity contribution in [2.75, 3.05) is 19.8 Å². The summed E-state index contributed by atoms with van der Waals surface area (Å²) in [5.41, 5.74) is 0. The van der Waals surface area contributed by atoms with Gasteiger partial charge >= 0.3 is 19.8 Å². The molecule has 2 aliphatic rings. The molecule has 1 saturated carbocycles. The summed E-state index contributed by atoms with van der Waals surface area (Å²) in [6.07, 6.45) is 7.63. The first-order valence-corrected chi connectivity index (χ1v) is 27.4. The van der Waals surface area contributed by atoms with Crippen molar-refractivity contribution in [2.45, 2.75) is 273 Å². The Bertz CT molecular complexity index is 1310. The molecule has 0 aromatic carbocycles. The SMILES string of the molecule is CCCCCCCCCCCCCCCCCCC(=O)OCC(COP(=O)(O)OC1C(O)C(O)C(O)C(O)C1OC1OC(CO)C(O)C(O)C1O)OC(=O)CCCCCCCCCCCCC. The van der Waals surface area contributed by atoms with Crippen LogP contribution in [-0.2, 0) is 42.1 Å². The van der Waals surface area contributed by atoms with E-state index in [0.29, 0.717) is 12.8 Å². The van der Waals surface area contributed by atoms with Gasteiger partial charge in [0.2, 0.25) is 0 Å². The number of unbranched alkanes of at least 4 members (excludes halogenated alkanes) is 25. The highest BCUT2D eigenvalue weighted by Gasteiger charge is 2.55. The lowest BCUT2D eigenvalue weighted by molar-refractivity contribution is -0.338. The number of carbonyl (C=O) groups is 2. The quantitative estimate of drug-likeness (QED) is 0.0195. The predicted octanol–water partition coefficient (Wildman–Crippen LogP) is 5.94. The molecule has 18 nitrogen and oxygen atoms in total. The maximum Gasteiger partial charge on any atom is 0.472 e. The fraction of sp³-hybridized carbons (Fsp3) is 0.958. The average molecular weight is 987 g/mol. The lowest BCUT2D eigenvalue weighted by atomic mass is 9.84. The second-order valence-electron chi connectivity index (χ2n) is 18.7. The number of ether oxygens (including phenoxy) is 4. The summed E-state index contributed by atoms with van der Waals surface area (Å²) in [6.45, 7) is 2.23. The van der Waals surface area contributed by atoms with Crippen LogP contribution in [0.3, 0.4) is 0 Å². The number of hydrogen-bond acceptors (Lipinski definition) is 17. The van der Waals surface area contributed by atoms with Crippen molar-refractivity contribution in [3.05, 3.63) is 0 Å². The molecule has 9 N–H and O–H groups in total. The Balaban J connectivity index is 1.92. The highest BCUT2D eigenvalue weighted by Crippen LogP contribution is 2.48.